The van der Waals surface area contributed by atoms with Crippen molar-refractivity contribution in [2.45, 2.75) is 52.1 Å². The molecule has 4 rings (SSSR count). The minimum absolute atomic E-state index is 0.108. The maximum Gasteiger partial charge on any atom is 0.155 e. The largest absolute Gasteiger partial charge is 0.393 e. The number of hydrogen-bond acceptors (Lipinski definition) is 2. The Morgan fingerprint density at radius 2 is 2.10 bits per heavy atom. The van der Waals surface area contributed by atoms with E-state index < -0.39 is 0 Å². The summed E-state index contributed by atoms with van der Waals surface area (Å²) in [5.41, 5.74) is 1.39. The molecular weight excluding hydrogens is 260 g/mol. The Balaban J connectivity index is 1.74. The van der Waals surface area contributed by atoms with E-state index in [1.165, 1.54) is 12.0 Å². The van der Waals surface area contributed by atoms with Gasteiger partial charge >= 0.3 is 0 Å². The van der Waals surface area contributed by atoms with Gasteiger partial charge in [-0.3, -0.25) is 4.79 Å². The first-order valence-corrected chi connectivity index (χ1v) is 8.61. The topological polar surface area (TPSA) is 37.3 Å². The summed E-state index contributed by atoms with van der Waals surface area (Å²) in [7, 11) is 0. The van der Waals surface area contributed by atoms with Crippen LogP contribution in [0.1, 0.15) is 46.0 Å². The van der Waals surface area contributed by atoms with Gasteiger partial charge in [-0.1, -0.05) is 26.0 Å². The van der Waals surface area contributed by atoms with Crippen molar-refractivity contribution in [3.63, 3.8) is 0 Å². The Hall–Kier alpha value is -0.890. The number of ketones is 1. The summed E-state index contributed by atoms with van der Waals surface area (Å²) in [6.07, 6.45) is 11.4. The number of rotatable bonds is 0. The molecule has 0 aromatic rings. The lowest BCUT2D eigenvalue weighted by molar-refractivity contribution is -0.116. The van der Waals surface area contributed by atoms with Crippen LogP contribution in [0.25, 0.3) is 0 Å². The van der Waals surface area contributed by atoms with Crippen LogP contribution in [0, 0.1) is 35.0 Å². The molecule has 7 atom stereocenters. The van der Waals surface area contributed by atoms with Crippen molar-refractivity contribution < 1.29 is 9.90 Å². The highest BCUT2D eigenvalue weighted by molar-refractivity contribution is 5.91. The predicted molar refractivity (Wildman–Crippen MR) is 82.6 cm³/mol. The third-order valence-electron chi connectivity index (χ3n) is 7.12. The molecule has 2 fully saturated rings. The molecule has 4 aliphatic rings. The van der Waals surface area contributed by atoms with E-state index in [1.54, 1.807) is 0 Å². The lowest BCUT2D eigenvalue weighted by atomic mass is 9.51. The van der Waals surface area contributed by atoms with Gasteiger partial charge in [0.05, 0.1) is 6.10 Å². The molecule has 0 aliphatic heterocycles. The lowest BCUT2D eigenvalue weighted by Crippen LogP contribution is -2.49. The zero-order chi connectivity index (χ0) is 14.8. The van der Waals surface area contributed by atoms with Crippen molar-refractivity contribution in [2.75, 3.05) is 0 Å². The van der Waals surface area contributed by atoms with E-state index in [1.807, 2.05) is 6.08 Å². The smallest absolute Gasteiger partial charge is 0.155 e. The summed E-state index contributed by atoms with van der Waals surface area (Å²) >= 11 is 0. The summed E-state index contributed by atoms with van der Waals surface area (Å²) in [6, 6.07) is 0. The zero-order valence-corrected chi connectivity index (χ0v) is 13.1. The molecule has 4 aliphatic carbocycles. The fourth-order valence-corrected chi connectivity index (χ4v) is 6.21. The fraction of sp³-hybridized carbons (Fsp3) is 0.737. The monoisotopic (exact) mass is 286 g/mol. The molecule has 0 aromatic heterocycles. The quantitative estimate of drug-likeness (QED) is 0.740. The van der Waals surface area contributed by atoms with Gasteiger partial charge in [0.2, 0.25) is 0 Å². The molecule has 4 unspecified atom stereocenters. The van der Waals surface area contributed by atoms with E-state index in [2.05, 4.69) is 26.0 Å². The normalized spacial score (nSPS) is 52.0. The molecule has 0 amide bonds. The molecule has 0 spiro atoms. The fourth-order valence-electron chi connectivity index (χ4n) is 6.21. The van der Waals surface area contributed by atoms with E-state index in [4.69, 9.17) is 0 Å². The van der Waals surface area contributed by atoms with Gasteiger partial charge in [-0.2, -0.15) is 0 Å². The first kappa shape index (κ1) is 13.8. The molecule has 114 valence electrons. The molecule has 0 radical (unpaired) electrons. The lowest BCUT2D eigenvalue weighted by Gasteiger charge is -2.54. The Morgan fingerprint density at radius 3 is 2.90 bits per heavy atom. The highest BCUT2D eigenvalue weighted by atomic mass is 16.3. The van der Waals surface area contributed by atoms with Gasteiger partial charge in [-0.05, 0) is 72.3 Å². The Morgan fingerprint density at radius 1 is 1.29 bits per heavy atom. The van der Waals surface area contributed by atoms with Crippen molar-refractivity contribution in [3.05, 3.63) is 23.8 Å². The van der Waals surface area contributed by atoms with Crippen LogP contribution in [0.2, 0.25) is 0 Å². The SMILES string of the molecule is C[C@H]1C[C@@]2(C)C(CC[C@@H]2O)C2C=CC3=CC(=O)CCC3C21. The van der Waals surface area contributed by atoms with Gasteiger partial charge < -0.3 is 5.11 Å². The molecule has 2 saturated carbocycles. The van der Waals surface area contributed by atoms with Gasteiger partial charge in [0.25, 0.3) is 0 Å². The van der Waals surface area contributed by atoms with Gasteiger partial charge in [-0.25, -0.2) is 0 Å². The van der Waals surface area contributed by atoms with Gasteiger partial charge in [0, 0.05) is 6.42 Å². The van der Waals surface area contributed by atoms with Crippen molar-refractivity contribution in [3.8, 4) is 0 Å². The highest BCUT2D eigenvalue weighted by Gasteiger charge is 2.57. The van der Waals surface area contributed by atoms with Gasteiger partial charge in [0.1, 0.15) is 0 Å². The average Bonchev–Trinajstić information content (AvgIpc) is 2.74. The van der Waals surface area contributed by atoms with E-state index in [0.29, 0.717) is 35.4 Å². The summed E-state index contributed by atoms with van der Waals surface area (Å²) in [6.45, 7) is 4.68. The molecule has 0 heterocycles. The maximum atomic E-state index is 11.7. The summed E-state index contributed by atoms with van der Waals surface area (Å²) in [5.74, 6) is 3.42. The zero-order valence-electron chi connectivity index (χ0n) is 13.1. The van der Waals surface area contributed by atoms with Gasteiger partial charge in [0.15, 0.2) is 5.78 Å². The van der Waals surface area contributed by atoms with Crippen molar-refractivity contribution in [1.29, 1.82) is 0 Å². The third kappa shape index (κ3) is 1.84. The van der Waals surface area contributed by atoms with Crippen molar-refractivity contribution >= 4 is 5.78 Å². The molecular formula is C19H26O2. The van der Waals surface area contributed by atoms with Gasteiger partial charge in [-0.15, -0.1) is 0 Å². The second-order valence-corrected chi connectivity index (χ2v) is 8.16. The number of carbonyl (C=O) groups excluding carboxylic acids is 1. The van der Waals surface area contributed by atoms with Crippen molar-refractivity contribution in [2.24, 2.45) is 35.0 Å². The van der Waals surface area contributed by atoms with E-state index in [0.717, 1.165) is 25.7 Å². The molecule has 0 saturated heterocycles. The second kappa shape index (κ2) is 4.55. The Bertz CT molecular complexity index is 532. The van der Waals surface area contributed by atoms with Crippen molar-refractivity contribution in [1.82, 2.24) is 0 Å². The van der Waals surface area contributed by atoms with Crippen LogP contribution in [0.15, 0.2) is 23.8 Å². The van der Waals surface area contributed by atoms with E-state index in [9.17, 15) is 9.90 Å². The minimum Gasteiger partial charge on any atom is -0.393 e. The number of hydrogen-bond donors (Lipinski definition) is 1. The molecule has 2 heteroatoms. The number of aliphatic hydroxyl groups is 1. The standard InChI is InChI=1S/C19H26O2/c1-11-10-19(2)16(7-8-17(19)21)15-5-3-12-9-13(20)4-6-14(12)18(11)15/h3,5,9,11,14-18,21H,4,6-8,10H2,1-2H3/t11-,14?,15?,16?,17-,18?,19-/m0/s1. The van der Waals surface area contributed by atoms with Crippen LogP contribution in [0.3, 0.4) is 0 Å². The molecule has 0 aromatic carbocycles. The predicted octanol–water partition coefficient (Wildman–Crippen LogP) is 3.51. The van der Waals surface area contributed by atoms with Crippen LogP contribution in [0.4, 0.5) is 0 Å². The maximum absolute atomic E-state index is 11.7. The number of carbonyl (C=O) groups is 1. The molecule has 1 N–H and O–H groups in total. The van der Waals surface area contributed by atoms with Crippen LogP contribution >= 0.6 is 0 Å². The average molecular weight is 286 g/mol. The van der Waals surface area contributed by atoms with E-state index in [-0.39, 0.29) is 11.5 Å². The third-order valence-corrected chi connectivity index (χ3v) is 7.12. The summed E-state index contributed by atoms with van der Waals surface area (Å²) in [5, 5.41) is 10.5. The van der Waals surface area contributed by atoms with Crippen LogP contribution in [0.5, 0.6) is 0 Å². The van der Waals surface area contributed by atoms with Crippen LogP contribution in [-0.4, -0.2) is 17.0 Å². The molecule has 0 bridgehead atoms. The summed E-state index contributed by atoms with van der Waals surface area (Å²) in [4.78, 5) is 11.7. The van der Waals surface area contributed by atoms with E-state index >= 15 is 0 Å². The Kier molecular flexibility index (Phi) is 2.98. The number of allylic oxidation sites excluding steroid dienone is 4. The number of fused-ring (bicyclic) bond motifs is 5. The Labute approximate surface area is 127 Å². The number of aliphatic hydroxyl groups excluding tert-OH is 1. The van der Waals surface area contributed by atoms with Crippen LogP contribution in [-0.2, 0) is 4.79 Å². The van der Waals surface area contributed by atoms with Crippen LogP contribution < -0.4 is 0 Å². The second-order valence-electron chi connectivity index (χ2n) is 8.16. The highest BCUT2D eigenvalue weighted by Crippen LogP contribution is 2.61. The molecule has 21 heavy (non-hydrogen) atoms. The first-order valence-electron chi connectivity index (χ1n) is 8.61. The minimum atomic E-state index is -0.121. The first-order chi connectivity index (χ1) is 10.0. The molecule has 2 nitrogen and oxygen atoms in total. The summed E-state index contributed by atoms with van der Waals surface area (Å²) < 4.78 is 0.